The van der Waals surface area contributed by atoms with Crippen molar-refractivity contribution in [3.8, 4) is 0 Å². The third kappa shape index (κ3) is 1.11. The van der Waals surface area contributed by atoms with Gasteiger partial charge in [0.2, 0.25) is 0 Å². The molecule has 0 saturated heterocycles. The number of hydrogen-bond donors (Lipinski definition) is 0. The van der Waals surface area contributed by atoms with E-state index in [1.165, 1.54) is 0 Å². The summed E-state index contributed by atoms with van der Waals surface area (Å²) in [5.41, 5.74) is 1.91. The van der Waals surface area contributed by atoms with Crippen molar-refractivity contribution >= 4 is 11.0 Å². The Balaban J connectivity index is 3.17. The predicted octanol–water partition coefficient (Wildman–Crippen LogP) is 0.642. The molecule has 10 heavy (non-hydrogen) atoms. The summed E-state index contributed by atoms with van der Waals surface area (Å²) >= 11 is 0. The van der Waals surface area contributed by atoms with Crippen molar-refractivity contribution < 1.29 is 4.21 Å². The quantitative estimate of drug-likeness (QED) is 0.601. The van der Waals surface area contributed by atoms with E-state index in [0.717, 1.165) is 11.4 Å². The van der Waals surface area contributed by atoms with Gasteiger partial charge in [-0.15, -0.1) is 0 Å². The van der Waals surface area contributed by atoms with Crippen LogP contribution in [0.5, 0.6) is 0 Å². The Labute approximate surface area is 62.7 Å². The Kier molecular flexibility index (Phi) is 1.89. The second kappa shape index (κ2) is 2.54. The van der Waals surface area contributed by atoms with E-state index in [1.807, 2.05) is 13.8 Å². The maximum atomic E-state index is 10.9. The molecule has 0 saturated carbocycles. The van der Waals surface area contributed by atoms with Gasteiger partial charge in [-0.05, 0) is 13.8 Å². The Hall–Kier alpha value is -0.640. The van der Waals surface area contributed by atoms with E-state index in [2.05, 4.69) is 4.98 Å². The summed E-state index contributed by atoms with van der Waals surface area (Å²) < 4.78 is 12.6. The van der Waals surface area contributed by atoms with E-state index in [1.54, 1.807) is 16.6 Å². The normalized spacial score (nSPS) is 13.5. The molecule has 1 aromatic rings. The molecule has 0 radical (unpaired) electrons. The minimum atomic E-state index is -0.966. The lowest BCUT2D eigenvalue weighted by atomic mass is 10.4. The number of nitrogens with zero attached hydrogens (tertiary/aromatic N) is 2. The molecule has 0 aliphatic heterocycles. The van der Waals surface area contributed by atoms with E-state index in [9.17, 15) is 4.21 Å². The molecule has 56 valence electrons. The highest BCUT2D eigenvalue weighted by atomic mass is 32.2. The van der Waals surface area contributed by atoms with Crippen LogP contribution in [0.4, 0.5) is 0 Å². The van der Waals surface area contributed by atoms with Crippen LogP contribution >= 0.6 is 0 Å². The van der Waals surface area contributed by atoms with Crippen LogP contribution < -0.4 is 0 Å². The summed E-state index contributed by atoms with van der Waals surface area (Å²) in [6.45, 7) is 3.81. The van der Waals surface area contributed by atoms with Gasteiger partial charge in [-0.2, -0.15) is 0 Å². The Morgan fingerprint density at radius 3 is 2.40 bits per heavy atom. The van der Waals surface area contributed by atoms with E-state index in [-0.39, 0.29) is 0 Å². The highest BCUT2D eigenvalue weighted by Crippen LogP contribution is 2.03. The summed E-state index contributed by atoms with van der Waals surface area (Å²) in [5, 5.41) is 0. The summed E-state index contributed by atoms with van der Waals surface area (Å²) in [5.74, 6) is 0. The van der Waals surface area contributed by atoms with Gasteiger partial charge in [0.1, 0.15) is 17.3 Å². The minimum absolute atomic E-state index is 0.940. The van der Waals surface area contributed by atoms with Crippen molar-refractivity contribution in [3.63, 3.8) is 0 Å². The molecule has 0 N–H and O–H groups in total. The monoisotopic (exact) mass is 158 g/mol. The second-order valence-electron chi connectivity index (χ2n) is 2.16. The van der Waals surface area contributed by atoms with E-state index in [0.29, 0.717) is 0 Å². The summed E-state index contributed by atoms with van der Waals surface area (Å²) in [6.07, 6.45) is 3.23. The van der Waals surface area contributed by atoms with Gasteiger partial charge in [-0.1, -0.05) is 0 Å². The van der Waals surface area contributed by atoms with Crippen molar-refractivity contribution in [2.75, 3.05) is 6.26 Å². The lowest BCUT2D eigenvalue weighted by Gasteiger charge is -1.97. The lowest BCUT2D eigenvalue weighted by molar-refractivity contribution is 0.680. The van der Waals surface area contributed by atoms with E-state index >= 15 is 0 Å². The fraction of sp³-hybridized carbons (Fsp3) is 0.500. The lowest BCUT2D eigenvalue weighted by Crippen LogP contribution is -2.01. The fourth-order valence-corrected chi connectivity index (χ4v) is 1.44. The summed E-state index contributed by atoms with van der Waals surface area (Å²) in [4.78, 5) is 4.01. The highest BCUT2D eigenvalue weighted by Gasteiger charge is 2.02. The van der Waals surface area contributed by atoms with Crippen LogP contribution in [0, 0.1) is 13.8 Å². The third-order valence-corrected chi connectivity index (χ3v) is 2.41. The van der Waals surface area contributed by atoms with E-state index < -0.39 is 11.0 Å². The molecule has 0 amide bonds. The molecule has 1 aromatic heterocycles. The van der Waals surface area contributed by atoms with Gasteiger partial charge in [-0.25, -0.2) is 9.19 Å². The maximum Gasteiger partial charge on any atom is 0.121 e. The van der Waals surface area contributed by atoms with Crippen LogP contribution in [0.15, 0.2) is 6.33 Å². The largest absolute Gasteiger partial charge is 0.252 e. The Morgan fingerprint density at radius 2 is 2.20 bits per heavy atom. The standard InChI is InChI=1S/C6H10N2OS/c1-5-6(2)8(4-7-5)10(3)9/h4H,1-3H3. The Bertz CT molecular complexity index is 267. The number of imidazole rings is 1. The summed E-state index contributed by atoms with van der Waals surface area (Å²) in [6, 6.07) is 0. The number of aromatic nitrogens is 2. The number of rotatable bonds is 1. The van der Waals surface area contributed by atoms with Crippen molar-refractivity contribution in [2.24, 2.45) is 0 Å². The molecular formula is C6H10N2OS. The van der Waals surface area contributed by atoms with Crippen molar-refractivity contribution in [3.05, 3.63) is 17.7 Å². The zero-order chi connectivity index (χ0) is 7.72. The first kappa shape index (κ1) is 7.47. The van der Waals surface area contributed by atoms with Gasteiger partial charge in [-0.3, -0.25) is 3.97 Å². The first-order valence-corrected chi connectivity index (χ1v) is 4.49. The molecule has 0 aromatic carbocycles. The number of hydrogen-bond acceptors (Lipinski definition) is 2. The predicted molar refractivity (Wildman–Crippen MR) is 41.2 cm³/mol. The first-order chi connectivity index (χ1) is 4.63. The van der Waals surface area contributed by atoms with Crippen LogP contribution in [0.1, 0.15) is 11.4 Å². The van der Waals surface area contributed by atoms with Gasteiger partial charge in [0.05, 0.1) is 11.4 Å². The zero-order valence-corrected chi connectivity index (χ0v) is 7.10. The van der Waals surface area contributed by atoms with Crippen LogP contribution in [-0.2, 0) is 11.0 Å². The van der Waals surface area contributed by atoms with Gasteiger partial charge < -0.3 is 0 Å². The van der Waals surface area contributed by atoms with Crippen molar-refractivity contribution in [1.82, 2.24) is 8.96 Å². The molecule has 0 bridgehead atoms. The third-order valence-electron chi connectivity index (χ3n) is 1.49. The maximum absolute atomic E-state index is 10.9. The molecule has 1 atom stereocenters. The Morgan fingerprint density at radius 1 is 1.60 bits per heavy atom. The van der Waals surface area contributed by atoms with Crippen LogP contribution in [-0.4, -0.2) is 19.4 Å². The van der Waals surface area contributed by atoms with Gasteiger partial charge in [0, 0.05) is 6.26 Å². The smallest absolute Gasteiger partial charge is 0.121 e. The van der Waals surface area contributed by atoms with Crippen molar-refractivity contribution in [2.45, 2.75) is 13.8 Å². The SMILES string of the molecule is Cc1ncn(S(C)=O)c1C. The molecule has 4 heteroatoms. The number of aryl methyl sites for hydroxylation is 1. The molecule has 1 rings (SSSR count). The zero-order valence-electron chi connectivity index (χ0n) is 6.29. The van der Waals surface area contributed by atoms with Crippen LogP contribution in [0.25, 0.3) is 0 Å². The molecule has 1 unspecified atom stereocenters. The minimum Gasteiger partial charge on any atom is -0.252 e. The van der Waals surface area contributed by atoms with E-state index in [4.69, 9.17) is 0 Å². The second-order valence-corrected chi connectivity index (χ2v) is 3.41. The molecule has 1 heterocycles. The molecule has 0 aliphatic rings. The average molecular weight is 158 g/mol. The van der Waals surface area contributed by atoms with Crippen LogP contribution in [0.3, 0.4) is 0 Å². The van der Waals surface area contributed by atoms with Gasteiger partial charge in [0.25, 0.3) is 0 Å². The van der Waals surface area contributed by atoms with Gasteiger partial charge >= 0.3 is 0 Å². The van der Waals surface area contributed by atoms with Gasteiger partial charge in [0.15, 0.2) is 0 Å². The average Bonchev–Trinajstić information content (AvgIpc) is 2.14. The molecule has 0 fully saturated rings. The van der Waals surface area contributed by atoms with Crippen molar-refractivity contribution in [1.29, 1.82) is 0 Å². The topological polar surface area (TPSA) is 34.9 Å². The molecule has 3 nitrogen and oxygen atoms in total. The van der Waals surface area contributed by atoms with Crippen LogP contribution in [0.2, 0.25) is 0 Å². The molecule has 0 aliphatic carbocycles. The fourth-order valence-electron chi connectivity index (χ4n) is 0.738. The first-order valence-electron chi connectivity index (χ1n) is 2.97. The highest BCUT2D eigenvalue weighted by molar-refractivity contribution is 7.82. The molecular weight excluding hydrogens is 148 g/mol. The summed E-state index contributed by atoms with van der Waals surface area (Å²) in [7, 11) is -0.966. The molecule has 0 spiro atoms.